The summed E-state index contributed by atoms with van der Waals surface area (Å²) >= 11 is 0. The van der Waals surface area contributed by atoms with Crippen molar-refractivity contribution >= 4 is 28.9 Å². The lowest BCUT2D eigenvalue weighted by Gasteiger charge is -2.17. The van der Waals surface area contributed by atoms with Crippen molar-refractivity contribution in [3.8, 4) is 34.5 Å². The molecule has 1 unspecified atom stereocenters. The Morgan fingerprint density at radius 2 is 1.57 bits per heavy atom. The van der Waals surface area contributed by atoms with Crippen LogP contribution in [0.15, 0.2) is 72.9 Å². The fourth-order valence-corrected chi connectivity index (χ4v) is 5.39. The molecule has 1 saturated carbocycles. The summed E-state index contributed by atoms with van der Waals surface area (Å²) in [7, 11) is 6.04. The van der Waals surface area contributed by atoms with Crippen molar-refractivity contribution in [2.75, 3.05) is 28.4 Å². The van der Waals surface area contributed by atoms with Gasteiger partial charge in [0.15, 0.2) is 23.0 Å². The number of nitrogens with one attached hydrogen (secondary N) is 1. The first-order valence-electron chi connectivity index (χ1n) is 15.1. The van der Waals surface area contributed by atoms with Gasteiger partial charge < -0.3 is 33.7 Å². The van der Waals surface area contributed by atoms with Crippen LogP contribution in [0.3, 0.4) is 0 Å². The Morgan fingerprint density at radius 3 is 2.26 bits per heavy atom. The summed E-state index contributed by atoms with van der Waals surface area (Å²) in [5.41, 5.74) is 2.28. The van der Waals surface area contributed by atoms with Gasteiger partial charge in [0.25, 0.3) is 0 Å². The van der Waals surface area contributed by atoms with Crippen molar-refractivity contribution in [2.24, 2.45) is 0 Å². The van der Waals surface area contributed by atoms with E-state index in [9.17, 15) is 9.59 Å². The number of fused-ring (bicyclic) bond motifs is 1. The van der Waals surface area contributed by atoms with E-state index < -0.39 is 17.9 Å². The molecule has 0 aliphatic heterocycles. The molecule has 10 nitrogen and oxygen atoms in total. The molecule has 240 valence electrons. The molecule has 0 spiro atoms. The molecule has 1 fully saturated rings. The normalized spacial score (nSPS) is 13.7. The fraction of sp³-hybridized carbons (Fsp3) is 0.306. The molecule has 5 rings (SSSR count). The van der Waals surface area contributed by atoms with Crippen molar-refractivity contribution in [1.29, 1.82) is 0 Å². The van der Waals surface area contributed by atoms with Gasteiger partial charge in [-0.3, -0.25) is 9.78 Å². The number of nitrogens with zero attached hydrogens (tertiary/aromatic N) is 1. The van der Waals surface area contributed by atoms with Crippen molar-refractivity contribution < 1.29 is 38.0 Å². The number of amides is 1. The smallest absolute Gasteiger partial charge is 0.328 e. The molecule has 0 radical (unpaired) electrons. The van der Waals surface area contributed by atoms with Crippen LogP contribution < -0.4 is 29.0 Å². The first kappa shape index (κ1) is 32.2. The highest BCUT2D eigenvalue weighted by atomic mass is 16.5. The van der Waals surface area contributed by atoms with E-state index >= 15 is 0 Å². The molecule has 1 aromatic heterocycles. The van der Waals surface area contributed by atoms with Gasteiger partial charge in [-0.25, -0.2) is 4.79 Å². The van der Waals surface area contributed by atoms with Crippen LogP contribution in [0.4, 0.5) is 0 Å². The molecular formula is C36H38N2O8. The Kier molecular flexibility index (Phi) is 10.6. The van der Waals surface area contributed by atoms with Crippen LogP contribution in [0.25, 0.3) is 17.0 Å². The van der Waals surface area contributed by atoms with Gasteiger partial charge in [0.2, 0.25) is 5.91 Å². The topological polar surface area (TPSA) is 114 Å². The van der Waals surface area contributed by atoms with Crippen LogP contribution in [0.1, 0.15) is 36.8 Å². The lowest BCUT2D eigenvalue weighted by Crippen LogP contribution is -2.42. The largest absolute Gasteiger partial charge is 0.493 e. The van der Waals surface area contributed by atoms with E-state index in [0.29, 0.717) is 40.0 Å². The van der Waals surface area contributed by atoms with Gasteiger partial charge >= 0.3 is 5.97 Å². The number of aromatic nitrogens is 1. The average Bonchev–Trinajstić information content (AvgIpc) is 3.60. The van der Waals surface area contributed by atoms with E-state index in [1.165, 1.54) is 13.2 Å². The molecule has 1 aliphatic rings. The van der Waals surface area contributed by atoms with Gasteiger partial charge in [-0.1, -0.05) is 18.2 Å². The van der Waals surface area contributed by atoms with Crippen LogP contribution in [0.2, 0.25) is 0 Å². The maximum absolute atomic E-state index is 12.9. The fourth-order valence-electron chi connectivity index (χ4n) is 5.39. The molecule has 4 aromatic rings. The summed E-state index contributed by atoms with van der Waals surface area (Å²) in [4.78, 5) is 29.9. The van der Waals surface area contributed by atoms with Gasteiger partial charge in [0, 0.05) is 30.1 Å². The number of esters is 1. The SMILES string of the molecule is COC(=O)C(Cc1ccc(Oc2ccnc3cc(OC)c(OC)cc23)cc1)NC(=O)/C=C/c1ccc(OC)c(OC2CCCC2)c1. The van der Waals surface area contributed by atoms with Gasteiger partial charge in [0.05, 0.1) is 40.1 Å². The minimum absolute atomic E-state index is 0.169. The van der Waals surface area contributed by atoms with Gasteiger partial charge in [-0.05, 0) is 79.3 Å². The van der Waals surface area contributed by atoms with Crippen LogP contribution in [0.5, 0.6) is 34.5 Å². The second kappa shape index (κ2) is 15.2. The summed E-state index contributed by atoms with van der Waals surface area (Å²) in [6, 6.07) is 17.3. The lowest BCUT2D eigenvalue weighted by atomic mass is 10.1. The van der Waals surface area contributed by atoms with E-state index in [-0.39, 0.29) is 12.5 Å². The number of methoxy groups -OCH3 is 4. The third kappa shape index (κ3) is 7.87. The molecule has 1 heterocycles. The van der Waals surface area contributed by atoms with Crippen LogP contribution in [0, 0.1) is 0 Å². The Hall–Kier alpha value is -5.25. The summed E-state index contributed by atoms with van der Waals surface area (Å²) in [5.74, 6) is 2.64. The monoisotopic (exact) mass is 626 g/mol. The van der Waals surface area contributed by atoms with E-state index in [4.69, 9.17) is 28.4 Å². The van der Waals surface area contributed by atoms with Crippen LogP contribution in [-0.2, 0) is 20.7 Å². The number of hydrogen-bond donors (Lipinski definition) is 1. The summed E-state index contributed by atoms with van der Waals surface area (Å²) in [6.07, 6.45) is 9.46. The molecule has 0 bridgehead atoms. The highest BCUT2D eigenvalue weighted by Gasteiger charge is 2.22. The maximum atomic E-state index is 12.9. The first-order chi connectivity index (χ1) is 22.4. The number of carbonyl (C=O) groups excluding carboxylic acids is 2. The quantitative estimate of drug-likeness (QED) is 0.135. The van der Waals surface area contributed by atoms with Crippen molar-refractivity contribution in [2.45, 2.75) is 44.2 Å². The zero-order chi connectivity index (χ0) is 32.5. The molecule has 46 heavy (non-hydrogen) atoms. The van der Waals surface area contributed by atoms with Crippen molar-refractivity contribution in [3.05, 3.63) is 84.1 Å². The molecule has 1 N–H and O–H groups in total. The highest BCUT2D eigenvalue weighted by molar-refractivity contribution is 5.94. The third-order valence-corrected chi connectivity index (χ3v) is 7.81. The van der Waals surface area contributed by atoms with Gasteiger partial charge in [-0.15, -0.1) is 0 Å². The van der Waals surface area contributed by atoms with E-state index in [2.05, 4.69) is 10.3 Å². The second-order valence-electron chi connectivity index (χ2n) is 10.8. The Morgan fingerprint density at radius 1 is 0.848 bits per heavy atom. The van der Waals surface area contributed by atoms with Crippen LogP contribution >= 0.6 is 0 Å². The predicted molar refractivity (Wildman–Crippen MR) is 174 cm³/mol. The number of rotatable bonds is 13. The average molecular weight is 627 g/mol. The van der Waals surface area contributed by atoms with Gasteiger partial charge in [0.1, 0.15) is 17.5 Å². The highest BCUT2D eigenvalue weighted by Crippen LogP contribution is 2.37. The van der Waals surface area contributed by atoms with Crippen molar-refractivity contribution in [1.82, 2.24) is 10.3 Å². The Labute approximate surface area is 268 Å². The third-order valence-electron chi connectivity index (χ3n) is 7.81. The Balaban J connectivity index is 1.24. The summed E-state index contributed by atoms with van der Waals surface area (Å²) in [6.45, 7) is 0. The zero-order valence-corrected chi connectivity index (χ0v) is 26.4. The van der Waals surface area contributed by atoms with E-state index in [1.54, 1.807) is 57.9 Å². The maximum Gasteiger partial charge on any atom is 0.328 e. The van der Waals surface area contributed by atoms with E-state index in [0.717, 1.165) is 42.2 Å². The molecule has 1 amide bonds. The van der Waals surface area contributed by atoms with Crippen molar-refractivity contribution in [3.63, 3.8) is 0 Å². The standard InChI is InChI=1S/C36H38N2O8/c1-41-31-15-11-24(20-34(31)46-25-7-5-6-8-25)12-16-35(39)38-29(36(40)44-4)19-23-9-13-26(14-10-23)45-30-17-18-37-28-22-33(43-3)32(42-2)21-27(28)30/h9-18,20-22,25,29H,5-8,19H2,1-4H3,(H,38,39)/b16-12+. The first-order valence-corrected chi connectivity index (χ1v) is 15.1. The molecular weight excluding hydrogens is 588 g/mol. The molecule has 1 atom stereocenters. The zero-order valence-electron chi connectivity index (χ0n) is 26.4. The van der Waals surface area contributed by atoms with Gasteiger partial charge in [-0.2, -0.15) is 0 Å². The number of hydrogen-bond acceptors (Lipinski definition) is 9. The molecule has 1 aliphatic carbocycles. The van der Waals surface area contributed by atoms with E-state index in [1.807, 2.05) is 36.4 Å². The minimum atomic E-state index is -0.891. The lowest BCUT2D eigenvalue weighted by molar-refractivity contribution is -0.144. The van der Waals surface area contributed by atoms with Crippen LogP contribution in [-0.4, -0.2) is 57.4 Å². The molecule has 10 heteroatoms. The number of benzene rings is 3. The number of pyridine rings is 1. The second-order valence-corrected chi connectivity index (χ2v) is 10.8. The predicted octanol–water partition coefficient (Wildman–Crippen LogP) is 6.29. The minimum Gasteiger partial charge on any atom is -0.493 e. The summed E-state index contributed by atoms with van der Waals surface area (Å²) in [5, 5.41) is 3.52. The summed E-state index contributed by atoms with van der Waals surface area (Å²) < 4.78 is 33.6. The Bertz CT molecular complexity index is 1700. The number of carbonyl (C=O) groups is 2. The number of ether oxygens (including phenoxy) is 6. The molecule has 0 saturated heterocycles. The molecule has 3 aromatic carbocycles.